The van der Waals surface area contributed by atoms with Crippen LogP contribution in [0.3, 0.4) is 0 Å². The molecule has 0 aliphatic heterocycles. The van der Waals surface area contributed by atoms with Gasteiger partial charge in [-0.15, -0.1) is 0 Å². The highest BCUT2D eigenvalue weighted by molar-refractivity contribution is 5.70. The Labute approximate surface area is 227 Å². The van der Waals surface area contributed by atoms with Gasteiger partial charge in [-0.05, 0) is 104 Å². The van der Waals surface area contributed by atoms with Crippen molar-refractivity contribution in [3.8, 4) is 23.0 Å². The van der Waals surface area contributed by atoms with E-state index >= 15 is 0 Å². The zero-order valence-electron chi connectivity index (χ0n) is 23.9. The van der Waals surface area contributed by atoms with Gasteiger partial charge in [-0.3, -0.25) is 4.79 Å². The van der Waals surface area contributed by atoms with Gasteiger partial charge in [-0.2, -0.15) is 0 Å². The average molecular weight is 528 g/mol. The van der Waals surface area contributed by atoms with Crippen LogP contribution < -0.4 is 24.3 Å². The van der Waals surface area contributed by atoms with E-state index in [4.69, 9.17) is 18.9 Å². The lowest BCUT2D eigenvalue weighted by Crippen LogP contribution is -2.46. The van der Waals surface area contributed by atoms with Gasteiger partial charge in [-0.1, -0.05) is 19.9 Å². The molecule has 0 radical (unpaired) electrons. The fourth-order valence-electron chi connectivity index (χ4n) is 6.30. The van der Waals surface area contributed by atoms with Gasteiger partial charge >= 0.3 is 5.97 Å². The van der Waals surface area contributed by atoms with Crippen LogP contribution in [0.25, 0.3) is 0 Å². The third kappa shape index (κ3) is 6.55. The molecule has 210 valence electrons. The van der Waals surface area contributed by atoms with E-state index in [-0.39, 0.29) is 18.3 Å². The van der Waals surface area contributed by atoms with E-state index in [9.17, 15) is 9.90 Å². The minimum atomic E-state index is -0.750. The molecule has 0 saturated carbocycles. The summed E-state index contributed by atoms with van der Waals surface area (Å²) in [6.07, 6.45) is 6.02. The number of methoxy groups -OCH3 is 4. The van der Waals surface area contributed by atoms with Crippen molar-refractivity contribution >= 4 is 5.97 Å². The van der Waals surface area contributed by atoms with E-state index in [1.54, 1.807) is 28.4 Å². The van der Waals surface area contributed by atoms with Gasteiger partial charge < -0.3 is 29.4 Å². The molecular weight excluding hydrogens is 482 g/mol. The molecule has 0 aromatic heterocycles. The Bertz CT molecular complexity index is 1070. The summed E-state index contributed by atoms with van der Waals surface area (Å²) in [5.41, 5.74) is 3.09. The lowest BCUT2D eigenvalue weighted by atomic mass is 9.55. The number of benzene rings is 2. The van der Waals surface area contributed by atoms with Crippen molar-refractivity contribution in [2.24, 2.45) is 11.8 Å². The second-order valence-electron chi connectivity index (χ2n) is 10.6. The molecule has 2 aromatic rings. The molecular formula is C31H45NO6. The highest BCUT2D eigenvalue weighted by Gasteiger charge is 2.48. The van der Waals surface area contributed by atoms with Crippen molar-refractivity contribution < 1.29 is 28.8 Å². The van der Waals surface area contributed by atoms with E-state index in [2.05, 4.69) is 25.2 Å². The second-order valence-corrected chi connectivity index (χ2v) is 10.6. The zero-order valence-corrected chi connectivity index (χ0v) is 23.9. The predicted octanol–water partition coefficient (Wildman–Crippen LogP) is 5.65. The van der Waals surface area contributed by atoms with E-state index in [0.29, 0.717) is 11.5 Å². The molecule has 2 unspecified atom stereocenters. The summed E-state index contributed by atoms with van der Waals surface area (Å²) in [7, 11) is 6.58. The fraction of sp³-hybridized carbons (Fsp3) is 0.581. The number of carboxylic acid groups (broad SMARTS) is 1. The van der Waals surface area contributed by atoms with Crippen LogP contribution >= 0.6 is 0 Å². The summed E-state index contributed by atoms with van der Waals surface area (Å²) in [4.78, 5) is 12.2. The minimum absolute atomic E-state index is 0.122. The lowest BCUT2D eigenvalue weighted by Gasteiger charge is -2.48. The van der Waals surface area contributed by atoms with Crippen molar-refractivity contribution in [1.82, 2.24) is 5.32 Å². The maximum atomic E-state index is 12.2. The summed E-state index contributed by atoms with van der Waals surface area (Å²) in [5, 5.41) is 13.6. The molecule has 2 aromatic carbocycles. The Morgan fingerprint density at radius 2 is 1.58 bits per heavy atom. The molecule has 7 nitrogen and oxygen atoms in total. The molecule has 0 bridgehead atoms. The lowest BCUT2D eigenvalue weighted by molar-refractivity contribution is -0.140. The highest BCUT2D eigenvalue weighted by atomic mass is 16.5. The van der Waals surface area contributed by atoms with Crippen LogP contribution in [0, 0.1) is 11.8 Å². The first-order valence-electron chi connectivity index (χ1n) is 13.7. The number of fused-ring (bicyclic) bond motifs is 1. The summed E-state index contributed by atoms with van der Waals surface area (Å²) in [6.45, 7) is 6.17. The molecule has 0 saturated heterocycles. The van der Waals surface area contributed by atoms with Crippen molar-refractivity contribution in [2.75, 3.05) is 41.5 Å². The number of ether oxygens (including phenoxy) is 4. The Balaban J connectivity index is 1.62. The average Bonchev–Trinajstić information content (AvgIpc) is 2.91. The summed E-state index contributed by atoms with van der Waals surface area (Å²) < 4.78 is 21.9. The van der Waals surface area contributed by atoms with Gasteiger partial charge in [0.15, 0.2) is 23.0 Å². The normalized spacial score (nSPS) is 18.7. The smallest absolute Gasteiger partial charge is 0.304 e. The number of carbonyl (C=O) groups is 1. The molecule has 2 atom stereocenters. The van der Waals surface area contributed by atoms with Gasteiger partial charge in [0.25, 0.3) is 0 Å². The van der Waals surface area contributed by atoms with Crippen molar-refractivity contribution in [1.29, 1.82) is 0 Å². The van der Waals surface area contributed by atoms with Crippen molar-refractivity contribution in [2.45, 2.75) is 64.2 Å². The molecule has 3 rings (SSSR count). The predicted molar refractivity (Wildman–Crippen MR) is 150 cm³/mol. The van der Waals surface area contributed by atoms with Crippen LogP contribution in [0.5, 0.6) is 23.0 Å². The number of aryl methyl sites for hydroxylation is 2. The summed E-state index contributed by atoms with van der Waals surface area (Å²) >= 11 is 0. The number of aliphatic carboxylic acids is 1. The van der Waals surface area contributed by atoms with Gasteiger partial charge in [0, 0.05) is 5.41 Å². The zero-order chi connectivity index (χ0) is 27.7. The number of hydrogen-bond donors (Lipinski definition) is 2. The first kappa shape index (κ1) is 29.6. The topological polar surface area (TPSA) is 86.2 Å². The molecule has 2 N–H and O–H groups in total. The monoisotopic (exact) mass is 527 g/mol. The summed E-state index contributed by atoms with van der Waals surface area (Å²) in [6, 6.07) is 10.2. The molecule has 1 aliphatic carbocycles. The number of carboxylic acids is 1. The van der Waals surface area contributed by atoms with Gasteiger partial charge in [0.05, 0.1) is 34.9 Å². The van der Waals surface area contributed by atoms with Gasteiger partial charge in [-0.25, -0.2) is 0 Å². The largest absolute Gasteiger partial charge is 0.493 e. The SMILES string of the molecule is COc1ccc(CCCNCCCC2CCc3cc(OC)c(OC)cc3C2(CC(=O)O)C(C)C)cc1OC. The van der Waals surface area contributed by atoms with E-state index < -0.39 is 11.4 Å². The minimum Gasteiger partial charge on any atom is -0.493 e. The number of rotatable bonds is 15. The van der Waals surface area contributed by atoms with Crippen molar-refractivity contribution in [3.05, 3.63) is 47.0 Å². The second kappa shape index (κ2) is 13.7. The maximum absolute atomic E-state index is 12.2. The van der Waals surface area contributed by atoms with Crippen LogP contribution in [-0.2, 0) is 23.1 Å². The van der Waals surface area contributed by atoms with Gasteiger partial charge in [0.1, 0.15) is 0 Å². The third-order valence-electron chi connectivity index (χ3n) is 8.25. The highest BCUT2D eigenvalue weighted by Crippen LogP contribution is 2.53. The van der Waals surface area contributed by atoms with Gasteiger partial charge in [0.2, 0.25) is 0 Å². The third-order valence-corrected chi connectivity index (χ3v) is 8.25. The maximum Gasteiger partial charge on any atom is 0.304 e. The quantitative estimate of drug-likeness (QED) is 0.289. The number of nitrogens with one attached hydrogen (secondary N) is 1. The van der Waals surface area contributed by atoms with E-state index in [1.165, 1.54) is 11.1 Å². The molecule has 38 heavy (non-hydrogen) atoms. The van der Waals surface area contributed by atoms with E-state index in [0.717, 1.165) is 68.7 Å². The molecule has 0 fully saturated rings. The standard InChI is InChI=1S/C31H45NO6/c1-21(2)31(20-30(33)34)24(13-12-23-18-28(37-5)29(38-6)19-25(23)31)10-8-16-32-15-7-9-22-11-14-26(35-3)27(17-22)36-4/h11,14,17-19,21,24,32H,7-10,12-13,15-16,20H2,1-6H3,(H,33,34). The fourth-order valence-corrected chi connectivity index (χ4v) is 6.30. The molecule has 0 spiro atoms. The Morgan fingerprint density at radius 1 is 0.947 bits per heavy atom. The van der Waals surface area contributed by atoms with Crippen LogP contribution in [0.15, 0.2) is 30.3 Å². The van der Waals surface area contributed by atoms with Crippen LogP contribution in [0.1, 0.15) is 62.6 Å². The molecule has 0 amide bonds. The van der Waals surface area contributed by atoms with Crippen molar-refractivity contribution in [3.63, 3.8) is 0 Å². The van der Waals surface area contributed by atoms with Crippen LogP contribution in [0.2, 0.25) is 0 Å². The van der Waals surface area contributed by atoms with Crippen LogP contribution in [-0.4, -0.2) is 52.6 Å². The first-order chi connectivity index (χ1) is 18.3. The van der Waals surface area contributed by atoms with E-state index in [1.807, 2.05) is 24.3 Å². The van der Waals surface area contributed by atoms with Crippen LogP contribution in [0.4, 0.5) is 0 Å². The Kier molecular flexibility index (Phi) is 10.7. The Morgan fingerprint density at radius 3 is 2.21 bits per heavy atom. The number of hydrogen-bond acceptors (Lipinski definition) is 6. The summed E-state index contributed by atoms with van der Waals surface area (Å²) in [5.74, 6) is 2.59. The molecule has 7 heteroatoms. The molecule has 1 aliphatic rings. The Hall–Kier alpha value is -2.93. The molecule has 0 heterocycles. The first-order valence-corrected chi connectivity index (χ1v) is 13.7.